The number of aromatic nitrogens is 3. The molecule has 3 rings (SSSR count). The number of aryl methyl sites for hydroxylation is 1. The predicted octanol–water partition coefficient (Wildman–Crippen LogP) is 2.63. The van der Waals surface area contributed by atoms with Crippen LogP contribution < -0.4 is 10.9 Å². The number of rotatable bonds is 4. The lowest BCUT2D eigenvalue weighted by molar-refractivity contribution is 0.0939. The van der Waals surface area contributed by atoms with Gasteiger partial charge in [0.2, 0.25) is 5.56 Å². The highest BCUT2D eigenvalue weighted by Crippen LogP contribution is 2.20. The van der Waals surface area contributed by atoms with Gasteiger partial charge in [0.15, 0.2) is 0 Å². The van der Waals surface area contributed by atoms with Gasteiger partial charge in [0.1, 0.15) is 6.33 Å². The van der Waals surface area contributed by atoms with Crippen LogP contribution in [0.4, 0.5) is 0 Å². The van der Waals surface area contributed by atoms with Gasteiger partial charge in [-0.1, -0.05) is 24.3 Å². The van der Waals surface area contributed by atoms with Crippen LogP contribution in [0, 0.1) is 6.92 Å². The van der Waals surface area contributed by atoms with E-state index in [9.17, 15) is 9.59 Å². The number of hydrogen-bond acceptors (Lipinski definition) is 4. The lowest BCUT2D eigenvalue weighted by atomic mass is 10.0. The average molecular weight is 334 g/mol. The molecule has 6 heteroatoms. The van der Waals surface area contributed by atoms with E-state index in [2.05, 4.69) is 20.3 Å². The summed E-state index contributed by atoms with van der Waals surface area (Å²) in [6, 6.07) is 10.6. The number of carbonyl (C=O) groups excluding carboxylic acids is 1. The van der Waals surface area contributed by atoms with Crippen LogP contribution in [0.5, 0.6) is 0 Å². The number of pyridine rings is 1. The van der Waals surface area contributed by atoms with Crippen molar-refractivity contribution in [1.29, 1.82) is 0 Å². The Morgan fingerprint density at radius 3 is 2.40 bits per heavy atom. The SMILES string of the molecule is Cc1cc(C(=O)N[C@@H](C)c2ccc(-c3cncnc3)cc2)cc(=O)[nH]1. The van der Waals surface area contributed by atoms with E-state index in [0.717, 1.165) is 16.7 Å². The number of carbonyl (C=O) groups is 1. The topological polar surface area (TPSA) is 87.7 Å². The number of aromatic amines is 1. The van der Waals surface area contributed by atoms with Crippen LogP contribution in [0.1, 0.15) is 34.6 Å². The molecule has 1 atom stereocenters. The van der Waals surface area contributed by atoms with Gasteiger partial charge in [0, 0.05) is 35.3 Å². The molecule has 2 N–H and O–H groups in total. The highest BCUT2D eigenvalue weighted by Gasteiger charge is 2.12. The maximum absolute atomic E-state index is 12.3. The fourth-order valence-electron chi connectivity index (χ4n) is 2.59. The molecule has 6 nitrogen and oxygen atoms in total. The van der Waals surface area contributed by atoms with E-state index in [0.29, 0.717) is 11.3 Å². The zero-order valence-corrected chi connectivity index (χ0v) is 14.0. The fourth-order valence-corrected chi connectivity index (χ4v) is 2.59. The van der Waals surface area contributed by atoms with E-state index < -0.39 is 0 Å². The molecule has 0 aliphatic rings. The van der Waals surface area contributed by atoms with Crippen molar-refractivity contribution in [2.45, 2.75) is 19.9 Å². The van der Waals surface area contributed by atoms with Crippen LogP contribution in [-0.2, 0) is 0 Å². The monoisotopic (exact) mass is 334 g/mol. The van der Waals surface area contributed by atoms with Crippen LogP contribution in [0.25, 0.3) is 11.1 Å². The summed E-state index contributed by atoms with van der Waals surface area (Å²) in [6.45, 7) is 3.65. The lowest BCUT2D eigenvalue weighted by Crippen LogP contribution is -2.27. The largest absolute Gasteiger partial charge is 0.346 e. The van der Waals surface area contributed by atoms with Crippen LogP contribution in [0.3, 0.4) is 0 Å². The van der Waals surface area contributed by atoms with Crippen molar-refractivity contribution in [1.82, 2.24) is 20.3 Å². The zero-order chi connectivity index (χ0) is 17.8. The average Bonchev–Trinajstić information content (AvgIpc) is 2.61. The van der Waals surface area contributed by atoms with Crippen molar-refractivity contribution in [3.8, 4) is 11.1 Å². The Bertz CT molecular complexity index is 934. The molecule has 2 heterocycles. The highest BCUT2D eigenvalue weighted by atomic mass is 16.2. The predicted molar refractivity (Wildman–Crippen MR) is 95.1 cm³/mol. The molecule has 0 aliphatic carbocycles. The van der Waals surface area contributed by atoms with E-state index in [1.807, 2.05) is 31.2 Å². The first kappa shape index (κ1) is 16.6. The summed E-state index contributed by atoms with van der Waals surface area (Å²) in [6.07, 6.45) is 5.00. The van der Waals surface area contributed by atoms with Crippen molar-refractivity contribution in [3.63, 3.8) is 0 Å². The minimum Gasteiger partial charge on any atom is -0.346 e. The van der Waals surface area contributed by atoms with Gasteiger partial charge in [0.25, 0.3) is 5.91 Å². The quantitative estimate of drug-likeness (QED) is 0.768. The van der Waals surface area contributed by atoms with Crippen LogP contribution in [0.2, 0.25) is 0 Å². The molecule has 3 aromatic rings. The minimum absolute atomic E-state index is 0.187. The molecule has 0 radical (unpaired) electrons. The second-order valence-electron chi connectivity index (χ2n) is 5.86. The molecule has 25 heavy (non-hydrogen) atoms. The second-order valence-corrected chi connectivity index (χ2v) is 5.86. The number of nitrogens with zero attached hydrogens (tertiary/aromatic N) is 2. The van der Waals surface area contributed by atoms with Crippen molar-refractivity contribution >= 4 is 5.91 Å². The molecule has 126 valence electrons. The second kappa shape index (κ2) is 7.09. The van der Waals surface area contributed by atoms with Crippen LogP contribution >= 0.6 is 0 Å². The molecule has 1 aromatic carbocycles. The lowest BCUT2D eigenvalue weighted by Gasteiger charge is -2.15. The molecule has 1 amide bonds. The summed E-state index contributed by atoms with van der Waals surface area (Å²) < 4.78 is 0. The fraction of sp³-hybridized carbons (Fsp3) is 0.158. The molecule has 2 aromatic heterocycles. The molecule has 0 saturated carbocycles. The third kappa shape index (κ3) is 3.98. The van der Waals surface area contributed by atoms with Crippen molar-refractivity contribution in [2.24, 2.45) is 0 Å². The van der Waals surface area contributed by atoms with Crippen LogP contribution in [0.15, 0.2) is 59.9 Å². The van der Waals surface area contributed by atoms with Gasteiger partial charge in [0.05, 0.1) is 6.04 Å². The van der Waals surface area contributed by atoms with Gasteiger partial charge in [-0.05, 0) is 31.0 Å². The standard InChI is InChI=1S/C19H18N4O2/c1-12-7-16(8-18(24)22-12)19(25)23-13(2)14-3-5-15(6-4-14)17-9-20-11-21-10-17/h3-11,13H,1-2H3,(H,22,24)(H,23,25)/t13-/m0/s1. The molecule has 0 spiro atoms. The van der Waals surface area contributed by atoms with Gasteiger partial charge in [-0.25, -0.2) is 9.97 Å². The Balaban J connectivity index is 1.73. The number of hydrogen-bond donors (Lipinski definition) is 2. The van der Waals surface area contributed by atoms with Crippen molar-refractivity contribution in [3.05, 3.63) is 82.3 Å². The molecule has 0 saturated heterocycles. The van der Waals surface area contributed by atoms with Crippen molar-refractivity contribution in [2.75, 3.05) is 0 Å². The minimum atomic E-state index is -0.285. The smallest absolute Gasteiger partial charge is 0.252 e. The molecule has 0 bridgehead atoms. The first-order valence-corrected chi connectivity index (χ1v) is 7.90. The third-order valence-corrected chi connectivity index (χ3v) is 3.89. The first-order chi connectivity index (χ1) is 12.0. The summed E-state index contributed by atoms with van der Waals surface area (Å²) in [5.74, 6) is -0.276. The van der Waals surface area contributed by atoms with Crippen molar-refractivity contribution < 1.29 is 4.79 Å². The Morgan fingerprint density at radius 1 is 1.08 bits per heavy atom. The van der Waals surface area contributed by atoms with E-state index >= 15 is 0 Å². The Labute approximate surface area is 145 Å². The van der Waals surface area contributed by atoms with Gasteiger partial charge < -0.3 is 10.3 Å². The maximum Gasteiger partial charge on any atom is 0.252 e. The Hall–Kier alpha value is -3.28. The summed E-state index contributed by atoms with van der Waals surface area (Å²) in [7, 11) is 0. The summed E-state index contributed by atoms with van der Waals surface area (Å²) in [5, 5.41) is 2.91. The summed E-state index contributed by atoms with van der Waals surface area (Å²) in [5.41, 5.74) is 3.63. The maximum atomic E-state index is 12.3. The molecule has 0 fully saturated rings. The Morgan fingerprint density at radius 2 is 1.76 bits per heavy atom. The molecule has 0 unspecified atom stereocenters. The summed E-state index contributed by atoms with van der Waals surface area (Å²) in [4.78, 5) is 34.5. The number of nitrogens with one attached hydrogen (secondary N) is 2. The van der Waals surface area contributed by atoms with E-state index in [4.69, 9.17) is 0 Å². The van der Waals surface area contributed by atoms with Gasteiger partial charge in [-0.2, -0.15) is 0 Å². The number of H-pyrrole nitrogens is 1. The van der Waals surface area contributed by atoms with Gasteiger partial charge in [-0.3, -0.25) is 9.59 Å². The number of benzene rings is 1. The Kier molecular flexibility index (Phi) is 4.70. The highest BCUT2D eigenvalue weighted by molar-refractivity contribution is 5.94. The normalized spacial score (nSPS) is 11.8. The molecular formula is C19H18N4O2. The molecular weight excluding hydrogens is 316 g/mol. The number of amides is 1. The van der Waals surface area contributed by atoms with Gasteiger partial charge in [-0.15, -0.1) is 0 Å². The zero-order valence-electron chi connectivity index (χ0n) is 14.0. The molecule has 0 aliphatic heterocycles. The van der Waals surface area contributed by atoms with E-state index in [-0.39, 0.29) is 17.5 Å². The van der Waals surface area contributed by atoms with E-state index in [1.54, 1.807) is 25.4 Å². The first-order valence-electron chi connectivity index (χ1n) is 7.90. The van der Waals surface area contributed by atoms with E-state index in [1.165, 1.54) is 12.4 Å². The summed E-state index contributed by atoms with van der Waals surface area (Å²) >= 11 is 0. The van der Waals surface area contributed by atoms with Crippen LogP contribution in [-0.4, -0.2) is 20.9 Å². The third-order valence-electron chi connectivity index (χ3n) is 3.89. The van der Waals surface area contributed by atoms with Gasteiger partial charge >= 0.3 is 0 Å².